The molecular weight excluding hydrogens is 348 g/mol. The molecule has 0 radical (unpaired) electrons. The number of H-pyrrole nitrogens is 1. The molecule has 2 heterocycles. The van der Waals surface area contributed by atoms with Crippen LogP contribution in [0.2, 0.25) is 0 Å². The number of hydrogen-bond donors (Lipinski definition) is 2. The van der Waals surface area contributed by atoms with Gasteiger partial charge in [0.15, 0.2) is 11.5 Å². The van der Waals surface area contributed by atoms with Gasteiger partial charge in [0.2, 0.25) is 5.91 Å². The van der Waals surface area contributed by atoms with E-state index in [0.717, 1.165) is 30.6 Å². The van der Waals surface area contributed by atoms with Crippen LogP contribution in [0.4, 0.5) is 5.69 Å². The Bertz CT molecular complexity index is 852. The highest BCUT2D eigenvalue weighted by Gasteiger charge is 2.26. The summed E-state index contributed by atoms with van der Waals surface area (Å²) in [5, 5.41) is 9.20. The number of aromatic amines is 1. The molecule has 0 spiro atoms. The Balaban J connectivity index is 1.64. The lowest BCUT2D eigenvalue weighted by Gasteiger charge is -2.33. The normalized spacial score (nSPS) is 16.7. The molecule has 1 aromatic carbocycles. The third kappa shape index (κ3) is 4.39. The van der Waals surface area contributed by atoms with Crippen molar-refractivity contribution >= 4 is 11.6 Å². The Kier molecular flexibility index (Phi) is 5.95. The van der Waals surface area contributed by atoms with E-state index < -0.39 is 0 Å². The van der Waals surface area contributed by atoms with E-state index in [4.69, 9.17) is 9.47 Å². The van der Waals surface area contributed by atoms with E-state index in [1.165, 1.54) is 6.07 Å². The van der Waals surface area contributed by atoms with Crippen molar-refractivity contribution in [2.75, 3.05) is 32.2 Å². The van der Waals surface area contributed by atoms with Crippen molar-refractivity contribution in [1.82, 2.24) is 15.5 Å². The summed E-state index contributed by atoms with van der Waals surface area (Å²) in [5.74, 6) is 1.10. The molecule has 1 aliphatic heterocycles. The molecule has 1 amide bonds. The Hall–Kier alpha value is -3.03. The second-order valence-corrected chi connectivity index (χ2v) is 6.46. The Morgan fingerprint density at radius 3 is 2.96 bits per heavy atom. The van der Waals surface area contributed by atoms with Crippen LogP contribution in [-0.2, 0) is 11.3 Å². The summed E-state index contributed by atoms with van der Waals surface area (Å²) in [4.78, 5) is 26.2. The van der Waals surface area contributed by atoms with Crippen molar-refractivity contribution in [3.8, 4) is 11.5 Å². The number of anilines is 1. The van der Waals surface area contributed by atoms with Crippen LogP contribution < -0.4 is 25.2 Å². The van der Waals surface area contributed by atoms with Gasteiger partial charge in [0.25, 0.3) is 5.56 Å². The van der Waals surface area contributed by atoms with Crippen molar-refractivity contribution in [2.45, 2.75) is 19.4 Å². The molecule has 0 aliphatic carbocycles. The molecular formula is C19H24N4O4. The summed E-state index contributed by atoms with van der Waals surface area (Å²) < 4.78 is 10.7. The SMILES string of the molecule is COc1cccc(CNC(=O)[C@H]2CCCN(c3cn[nH]c(=O)c3)C2)c1OC. The van der Waals surface area contributed by atoms with E-state index in [2.05, 4.69) is 15.5 Å². The van der Waals surface area contributed by atoms with Gasteiger partial charge in [0.05, 0.1) is 32.0 Å². The summed E-state index contributed by atoms with van der Waals surface area (Å²) in [6.45, 7) is 1.73. The Morgan fingerprint density at radius 2 is 2.22 bits per heavy atom. The summed E-state index contributed by atoms with van der Waals surface area (Å²) in [5.41, 5.74) is 1.35. The van der Waals surface area contributed by atoms with Crippen LogP contribution in [0.5, 0.6) is 11.5 Å². The van der Waals surface area contributed by atoms with Gasteiger partial charge in [-0.15, -0.1) is 0 Å². The number of aromatic nitrogens is 2. The maximum absolute atomic E-state index is 12.7. The van der Waals surface area contributed by atoms with E-state index >= 15 is 0 Å². The van der Waals surface area contributed by atoms with Crippen LogP contribution in [0.15, 0.2) is 35.3 Å². The monoisotopic (exact) mass is 372 g/mol. The fourth-order valence-corrected chi connectivity index (χ4v) is 3.38. The second kappa shape index (κ2) is 8.57. The van der Waals surface area contributed by atoms with Gasteiger partial charge in [-0.25, -0.2) is 5.10 Å². The number of carbonyl (C=O) groups is 1. The summed E-state index contributed by atoms with van der Waals surface area (Å²) >= 11 is 0. The minimum absolute atomic E-state index is 0.0117. The number of nitrogens with one attached hydrogen (secondary N) is 2. The smallest absolute Gasteiger partial charge is 0.266 e. The molecule has 0 bridgehead atoms. The van der Waals surface area contributed by atoms with Gasteiger partial charge in [-0.3, -0.25) is 9.59 Å². The number of carbonyl (C=O) groups excluding carboxylic acids is 1. The first-order valence-corrected chi connectivity index (χ1v) is 8.89. The average Bonchev–Trinajstić information content (AvgIpc) is 2.71. The Morgan fingerprint density at radius 1 is 1.37 bits per heavy atom. The number of nitrogens with zero attached hydrogens (tertiary/aromatic N) is 2. The molecule has 1 atom stereocenters. The fourth-order valence-electron chi connectivity index (χ4n) is 3.38. The summed E-state index contributed by atoms with van der Waals surface area (Å²) in [6.07, 6.45) is 3.31. The number of piperidine rings is 1. The van der Waals surface area contributed by atoms with Gasteiger partial charge in [-0.1, -0.05) is 12.1 Å². The van der Waals surface area contributed by atoms with Crippen LogP contribution in [-0.4, -0.2) is 43.4 Å². The predicted molar refractivity (Wildman–Crippen MR) is 101 cm³/mol. The molecule has 27 heavy (non-hydrogen) atoms. The predicted octanol–water partition coefficient (Wildman–Crippen LogP) is 1.32. The lowest BCUT2D eigenvalue weighted by Crippen LogP contribution is -2.43. The third-order valence-electron chi connectivity index (χ3n) is 4.75. The highest BCUT2D eigenvalue weighted by Crippen LogP contribution is 2.30. The van der Waals surface area contributed by atoms with Crippen molar-refractivity contribution in [3.05, 3.63) is 46.4 Å². The van der Waals surface area contributed by atoms with Gasteiger partial charge in [-0.2, -0.15) is 5.10 Å². The van der Waals surface area contributed by atoms with Crippen molar-refractivity contribution in [3.63, 3.8) is 0 Å². The number of benzene rings is 1. The van der Waals surface area contributed by atoms with Gasteiger partial charge >= 0.3 is 0 Å². The van der Waals surface area contributed by atoms with E-state index in [1.807, 2.05) is 23.1 Å². The van der Waals surface area contributed by atoms with E-state index in [1.54, 1.807) is 20.4 Å². The number of ether oxygens (including phenoxy) is 2. The molecule has 1 fully saturated rings. The van der Waals surface area contributed by atoms with Crippen LogP contribution in [0.25, 0.3) is 0 Å². The van der Waals surface area contributed by atoms with Crippen LogP contribution in [0, 0.1) is 5.92 Å². The van der Waals surface area contributed by atoms with E-state index in [9.17, 15) is 9.59 Å². The van der Waals surface area contributed by atoms with Crippen molar-refractivity contribution < 1.29 is 14.3 Å². The number of amides is 1. The van der Waals surface area contributed by atoms with Gasteiger partial charge < -0.3 is 19.7 Å². The lowest BCUT2D eigenvalue weighted by atomic mass is 9.96. The number of hydrogen-bond acceptors (Lipinski definition) is 6. The molecule has 144 valence electrons. The minimum atomic E-state index is -0.246. The molecule has 3 rings (SSSR count). The van der Waals surface area contributed by atoms with E-state index in [-0.39, 0.29) is 17.4 Å². The largest absolute Gasteiger partial charge is 0.493 e. The Labute approximate surface area is 157 Å². The summed E-state index contributed by atoms with van der Waals surface area (Å²) in [7, 11) is 3.16. The van der Waals surface area contributed by atoms with Crippen molar-refractivity contribution in [2.24, 2.45) is 5.92 Å². The molecule has 2 N–H and O–H groups in total. The molecule has 2 aromatic rings. The maximum Gasteiger partial charge on any atom is 0.266 e. The second-order valence-electron chi connectivity index (χ2n) is 6.46. The average molecular weight is 372 g/mol. The topological polar surface area (TPSA) is 96.5 Å². The number of methoxy groups -OCH3 is 2. The highest BCUT2D eigenvalue weighted by molar-refractivity contribution is 5.79. The number of rotatable bonds is 6. The first kappa shape index (κ1) is 18.8. The maximum atomic E-state index is 12.7. The molecule has 8 heteroatoms. The molecule has 0 unspecified atom stereocenters. The molecule has 1 aliphatic rings. The zero-order valence-electron chi connectivity index (χ0n) is 15.5. The molecule has 1 aromatic heterocycles. The summed E-state index contributed by atoms with van der Waals surface area (Å²) in [6, 6.07) is 7.09. The first-order chi connectivity index (χ1) is 13.1. The quantitative estimate of drug-likeness (QED) is 0.794. The standard InChI is InChI=1S/C19H24N4O4/c1-26-16-7-3-5-13(18(16)27-2)10-20-19(25)14-6-4-8-23(12-14)15-9-17(24)22-21-11-15/h3,5,7,9,11,14H,4,6,8,10,12H2,1-2H3,(H,20,25)(H,22,24)/t14-/m0/s1. The lowest BCUT2D eigenvalue weighted by molar-refractivity contribution is -0.125. The van der Waals surface area contributed by atoms with Crippen molar-refractivity contribution in [1.29, 1.82) is 0 Å². The third-order valence-corrected chi connectivity index (χ3v) is 4.75. The van der Waals surface area contributed by atoms with Gasteiger partial charge in [0.1, 0.15) is 0 Å². The highest BCUT2D eigenvalue weighted by atomic mass is 16.5. The van der Waals surface area contributed by atoms with Crippen LogP contribution in [0.3, 0.4) is 0 Å². The van der Waals surface area contributed by atoms with Crippen LogP contribution in [0.1, 0.15) is 18.4 Å². The van der Waals surface area contributed by atoms with Crippen LogP contribution >= 0.6 is 0 Å². The zero-order chi connectivity index (χ0) is 19.2. The van der Waals surface area contributed by atoms with Gasteiger partial charge in [0, 0.05) is 31.3 Å². The molecule has 0 saturated carbocycles. The zero-order valence-corrected chi connectivity index (χ0v) is 15.5. The fraction of sp³-hybridized carbons (Fsp3) is 0.421. The molecule has 8 nitrogen and oxygen atoms in total. The van der Waals surface area contributed by atoms with Gasteiger partial charge in [-0.05, 0) is 18.9 Å². The number of para-hydroxylation sites is 1. The van der Waals surface area contributed by atoms with E-state index in [0.29, 0.717) is 24.6 Å². The first-order valence-electron chi connectivity index (χ1n) is 8.89. The minimum Gasteiger partial charge on any atom is -0.493 e. The molecule has 1 saturated heterocycles.